The fourth-order valence-electron chi connectivity index (χ4n) is 2.11. The number of benzene rings is 1. The molecule has 20 heavy (non-hydrogen) atoms. The average Bonchev–Trinajstić information content (AvgIpc) is 2.77. The third kappa shape index (κ3) is 2.37. The minimum absolute atomic E-state index is 0.399. The summed E-state index contributed by atoms with van der Waals surface area (Å²) < 4.78 is 1.95. The summed E-state index contributed by atoms with van der Waals surface area (Å²) in [7, 11) is 0. The van der Waals surface area contributed by atoms with Crippen LogP contribution >= 0.6 is 23.8 Å². The van der Waals surface area contributed by atoms with E-state index in [1.165, 1.54) is 0 Å². The van der Waals surface area contributed by atoms with Gasteiger partial charge in [-0.1, -0.05) is 36.0 Å². The summed E-state index contributed by atoms with van der Waals surface area (Å²) in [5, 5.41) is 0.592. The second-order valence-electron chi connectivity index (χ2n) is 4.33. The molecule has 0 unspecified atom stereocenters. The molecule has 6 heteroatoms. The van der Waals surface area contributed by atoms with Crippen LogP contribution in [0.2, 0.25) is 5.02 Å². The number of pyridine rings is 1. The number of halogens is 1. The van der Waals surface area contributed by atoms with E-state index in [4.69, 9.17) is 29.6 Å². The van der Waals surface area contributed by atoms with Crippen molar-refractivity contribution in [3.8, 4) is 5.82 Å². The molecule has 100 valence electrons. The van der Waals surface area contributed by atoms with Gasteiger partial charge in [0.2, 0.25) is 0 Å². The molecule has 0 fully saturated rings. The van der Waals surface area contributed by atoms with E-state index in [1.807, 2.05) is 34.9 Å². The van der Waals surface area contributed by atoms with Gasteiger partial charge in [0.15, 0.2) is 0 Å². The Kier molecular flexibility index (Phi) is 3.38. The molecule has 0 saturated heterocycles. The number of nitrogens with two attached hydrogens (primary N) is 1. The fourth-order valence-corrected chi connectivity index (χ4v) is 2.35. The van der Waals surface area contributed by atoms with Crippen LogP contribution in [0.3, 0.4) is 0 Å². The number of hydrogen-bond donors (Lipinski definition) is 1. The molecule has 0 spiro atoms. The molecule has 0 amide bonds. The predicted octanol–water partition coefficient (Wildman–Crippen LogP) is 2.90. The lowest BCUT2D eigenvalue weighted by Gasteiger charge is -2.07. The van der Waals surface area contributed by atoms with E-state index >= 15 is 0 Å². The summed E-state index contributed by atoms with van der Waals surface area (Å²) in [6.07, 6.45) is 2.03. The first kappa shape index (κ1) is 13.0. The van der Waals surface area contributed by atoms with Crippen molar-refractivity contribution in [3.05, 3.63) is 53.4 Å². The largest absolute Gasteiger partial charge is 0.393 e. The molecule has 1 aromatic carbocycles. The zero-order valence-electron chi connectivity index (χ0n) is 10.5. The topological polar surface area (TPSA) is 56.7 Å². The number of aromatic nitrogens is 3. The fraction of sp³-hybridized carbons (Fsp3) is 0.0714. The molecule has 0 atom stereocenters. The summed E-state index contributed by atoms with van der Waals surface area (Å²) in [5.41, 5.74) is 7.50. The van der Waals surface area contributed by atoms with Crippen molar-refractivity contribution in [2.24, 2.45) is 5.73 Å². The van der Waals surface area contributed by atoms with Crippen molar-refractivity contribution < 1.29 is 0 Å². The van der Waals surface area contributed by atoms with E-state index in [0.29, 0.717) is 16.4 Å². The van der Waals surface area contributed by atoms with Gasteiger partial charge in [0.25, 0.3) is 0 Å². The van der Waals surface area contributed by atoms with Crippen LogP contribution in [0.5, 0.6) is 0 Å². The molecule has 0 aliphatic rings. The first-order valence-electron chi connectivity index (χ1n) is 6.02. The van der Waals surface area contributed by atoms with Crippen molar-refractivity contribution in [1.82, 2.24) is 14.5 Å². The van der Waals surface area contributed by atoms with Crippen LogP contribution in [0, 0.1) is 0 Å². The van der Waals surface area contributed by atoms with Gasteiger partial charge in [-0.25, -0.2) is 9.97 Å². The Hall–Kier alpha value is -1.98. The van der Waals surface area contributed by atoms with Crippen molar-refractivity contribution in [3.63, 3.8) is 0 Å². The summed E-state index contributed by atoms with van der Waals surface area (Å²) >= 11 is 10.9. The van der Waals surface area contributed by atoms with Gasteiger partial charge in [-0.3, -0.25) is 4.57 Å². The third-order valence-electron chi connectivity index (χ3n) is 2.90. The Labute approximate surface area is 126 Å². The molecule has 2 N–H and O–H groups in total. The van der Waals surface area contributed by atoms with Crippen molar-refractivity contribution in [2.45, 2.75) is 6.42 Å². The third-order valence-corrected chi connectivity index (χ3v) is 3.27. The van der Waals surface area contributed by atoms with Gasteiger partial charge in [-0.05, 0) is 24.3 Å². The van der Waals surface area contributed by atoms with Gasteiger partial charge in [0.05, 0.1) is 27.5 Å². The number of nitrogens with zero attached hydrogens (tertiary/aromatic N) is 3. The summed E-state index contributed by atoms with van der Waals surface area (Å²) in [5.74, 6) is 1.52. The zero-order chi connectivity index (χ0) is 14.1. The number of thiocarbonyl (C=S) groups is 1. The highest BCUT2D eigenvalue weighted by atomic mass is 35.5. The molecule has 0 saturated carbocycles. The lowest BCUT2D eigenvalue weighted by molar-refractivity contribution is 0.932. The maximum absolute atomic E-state index is 5.89. The van der Waals surface area contributed by atoms with Crippen LogP contribution < -0.4 is 5.73 Å². The van der Waals surface area contributed by atoms with Crippen LogP contribution in [0.4, 0.5) is 0 Å². The van der Waals surface area contributed by atoms with Crippen molar-refractivity contribution >= 4 is 39.8 Å². The first-order chi connectivity index (χ1) is 9.65. The highest BCUT2D eigenvalue weighted by Crippen LogP contribution is 2.21. The molecule has 2 heterocycles. The Morgan fingerprint density at radius 3 is 2.75 bits per heavy atom. The van der Waals surface area contributed by atoms with Crippen LogP contribution in [0.25, 0.3) is 16.9 Å². The summed E-state index contributed by atoms with van der Waals surface area (Å²) in [6, 6.07) is 11.5. The monoisotopic (exact) mass is 302 g/mol. The molecule has 4 nitrogen and oxygen atoms in total. The van der Waals surface area contributed by atoms with Gasteiger partial charge in [0, 0.05) is 6.20 Å². The molecule has 2 aromatic heterocycles. The second-order valence-corrected chi connectivity index (χ2v) is 5.29. The van der Waals surface area contributed by atoms with Crippen LogP contribution in [0.1, 0.15) is 5.82 Å². The molecule has 0 radical (unpaired) electrons. The molecular weight excluding hydrogens is 292 g/mol. The standard InChI is InChI=1S/C14H11ClN4S/c15-9-5-6-13(17-8-9)19-11-4-2-1-3-10(11)18-14(19)7-12(16)20/h1-6,8H,7H2,(H2,16,20). The molecule has 3 rings (SSSR count). The zero-order valence-corrected chi connectivity index (χ0v) is 12.0. The van der Waals surface area contributed by atoms with E-state index in [1.54, 1.807) is 12.3 Å². The highest BCUT2D eigenvalue weighted by Gasteiger charge is 2.13. The summed E-state index contributed by atoms with van der Waals surface area (Å²) in [6.45, 7) is 0. The number of rotatable bonds is 3. The maximum atomic E-state index is 5.89. The second kappa shape index (κ2) is 5.19. The highest BCUT2D eigenvalue weighted by molar-refractivity contribution is 7.80. The Balaban J connectivity index is 2.25. The van der Waals surface area contributed by atoms with Crippen molar-refractivity contribution in [1.29, 1.82) is 0 Å². The minimum Gasteiger partial charge on any atom is -0.393 e. The van der Waals surface area contributed by atoms with Gasteiger partial charge < -0.3 is 5.73 Å². The minimum atomic E-state index is 0.399. The quantitative estimate of drug-likeness (QED) is 0.756. The van der Waals surface area contributed by atoms with E-state index in [2.05, 4.69) is 9.97 Å². The van der Waals surface area contributed by atoms with E-state index in [9.17, 15) is 0 Å². The summed E-state index contributed by atoms with van der Waals surface area (Å²) in [4.78, 5) is 9.32. The van der Waals surface area contributed by atoms with Gasteiger partial charge in [-0.2, -0.15) is 0 Å². The number of fused-ring (bicyclic) bond motifs is 1. The Morgan fingerprint density at radius 2 is 2.05 bits per heavy atom. The molecular formula is C14H11ClN4S. The number of hydrogen-bond acceptors (Lipinski definition) is 3. The smallest absolute Gasteiger partial charge is 0.138 e. The normalized spacial score (nSPS) is 10.8. The lowest BCUT2D eigenvalue weighted by Crippen LogP contribution is -2.15. The Morgan fingerprint density at radius 1 is 1.25 bits per heavy atom. The first-order valence-corrected chi connectivity index (χ1v) is 6.80. The molecule has 0 bridgehead atoms. The van der Waals surface area contributed by atoms with Crippen molar-refractivity contribution in [2.75, 3.05) is 0 Å². The van der Waals surface area contributed by atoms with E-state index < -0.39 is 0 Å². The number of imidazole rings is 1. The lowest BCUT2D eigenvalue weighted by atomic mass is 10.3. The molecule has 3 aromatic rings. The van der Waals surface area contributed by atoms with Crippen LogP contribution in [-0.2, 0) is 6.42 Å². The Bertz CT molecular complexity index is 779. The van der Waals surface area contributed by atoms with Crippen LogP contribution in [0.15, 0.2) is 42.6 Å². The van der Waals surface area contributed by atoms with Gasteiger partial charge in [0.1, 0.15) is 11.6 Å². The maximum Gasteiger partial charge on any atom is 0.138 e. The molecule has 0 aliphatic heterocycles. The van der Waals surface area contributed by atoms with Crippen LogP contribution in [-0.4, -0.2) is 19.5 Å². The average molecular weight is 303 g/mol. The van der Waals surface area contributed by atoms with Gasteiger partial charge >= 0.3 is 0 Å². The van der Waals surface area contributed by atoms with Gasteiger partial charge in [-0.15, -0.1) is 0 Å². The predicted molar refractivity (Wildman–Crippen MR) is 84.4 cm³/mol. The van der Waals surface area contributed by atoms with E-state index in [-0.39, 0.29) is 0 Å². The number of para-hydroxylation sites is 2. The van der Waals surface area contributed by atoms with E-state index in [0.717, 1.165) is 22.7 Å². The SMILES string of the molecule is NC(=S)Cc1nc2ccccc2n1-c1ccc(Cl)cn1. The molecule has 0 aliphatic carbocycles.